The van der Waals surface area contributed by atoms with Crippen LogP contribution >= 0.6 is 0 Å². The molecule has 4 fully saturated rings. The smallest absolute Gasteiger partial charge is 0.378 e. The number of morpholine rings is 1. The molecule has 9 heteroatoms. The van der Waals surface area contributed by atoms with Crippen LogP contribution in [0.1, 0.15) is 30.7 Å². The Morgan fingerprint density at radius 3 is 2.55 bits per heavy atom. The highest BCUT2D eigenvalue weighted by Gasteiger charge is 2.54. The molecule has 3 aliphatic heterocycles. The van der Waals surface area contributed by atoms with E-state index in [1.54, 1.807) is 0 Å². The summed E-state index contributed by atoms with van der Waals surface area (Å²) in [5.74, 6) is -0.573. The van der Waals surface area contributed by atoms with E-state index in [9.17, 15) is 18.0 Å². The van der Waals surface area contributed by atoms with Gasteiger partial charge in [0.05, 0.1) is 19.1 Å². The van der Waals surface area contributed by atoms with E-state index in [1.807, 2.05) is 0 Å². The van der Waals surface area contributed by atoms with Crippen LogP contribution in [0.5, 0.6) is 0 Å². The summed E-state index contributed by atoms with van der Waals surface area (Å²) in [5.41, 5.74) is 8.47. The molecule has 6 nitrogen and oxygen atoms in total. The fourth-order valence-corrected chi connectivity index (χ4v) is 5.95. The summed E-state index contributed by atoms with van der Waals surface area (Å²) in [6, 6.07) is 7.95. The number of carbonyl (C=O) groups is 1. The summed E-state index contributed by atoms with van der Waals surface area (Å²) in [5, 5.41) is 0. The standard InChI is InChI=1S/C22H29F3N4O2/c23-22(24,25)13-29-19-11-15(3-6-17(19)20-18(21(29)30)12-26-27-20)14-1-4-16(5-2-14)28-7-9-31-10-8-28/h1-2,4-5,15,17-20,26-27H,3,6-13H2. The quantitative estimate of drug-likeness (QED) is 0.759. The van der Waals surface area contributed by atoms with Crippen LogP contribution in [-0.4, -0.2) is 68.5 Å². The maximum absolute atomic E-state index is 13.3. The number of hydrogen-bond acceptors (Lipinski definition) is 5. The molecule has 0 spiro atoms. The highest BCUT2D eigenvalue weighted by atomic mass is 19.4. The van der Waals surface area contributed by atoms with Crippen LogP contribution < -0.4 is 15.8 Å². The molecule has 1 aromatic rings. The van der Waals surface area contributed by atoms with Crippen LogP contribution in [0.2, 0.25) is 0 Å². The van der Waals surface area contributed by atoms with Gasteiger partial charge in [-0.2, -0.15) is 13.2 Å². The number of fused-ring (bicyclic) bond motifs is 3. The van der Waals surface area contributed by atoms with Gasteiger partial charge in [0.25, 0.3) is 0 Å². The molecule has 3 heterocycles. The molecular weight excluding hydrogens is 409 g/mol. The van der Waals surface area contributed by atoms with Crippen molar-refractivity contribution in [2.24, 2.45) is 11.8 Å². The molecule has 5 atom stereocenters. The molecular formula is C22H29F3N4O2. The molecule has 4 aliphatic rings. The number of nitrogens with zero attached hydrogens (tertiary/aromatic N) is 2. The number of likely N-dealkylation sites (tertiary alicyclic amines) is 1. The minimum atomic E-state index is -4.39. The zero-order valence-corrected chi connectivity index (χ0v) is 17.4. The summed E-state index contributed by atoms with van der Waals surface area (Å²) >= 11 is 0. The SMILES string of the molecule is O=C1C2CNNC2C2CCC(c3ccc(N4CCOCC4)cc3)CC2N1CC(F)(F)F. The Bertz CT molecular complexity index is 797. The summed E-state index contributed by atoms with van der Waals surface area (Å²) in [7, 11) is 0. The van der Waals surface area contributed by atoms with E-state index in [2.05, 4.69) is 40.0 Å². The number of hydrazine groups is 1. The number of halogens is 3. The van der Waals surface area contributed by atoms with Crippen LogP contribution in [0.4, 0.5) is 18.9 Å². The Morgan fingerprint density at radius 2 is 1.84 bits per heavy atom. The number of nitrogens with one attached hydrogen (secondary N) is 2. The second-order valence-electron chi connectivity index (χ2n) is 9.17. The Morgan fingerprint density at radius 1 is 1.10 bits per heavy atom. The van der Waals surface area contributed by atoms with E-state index in [0.29, 0.717) is 13.0 Å². The van der Waals surface area contributed by atoms with E-state index < -0.39 is 18.6 Å². The molecule has 5 unspecified atom stereocenters. The van der Waals surface area contributed by atoms with Crippen molar-refractivity contribution in [1.29, 1.82) is 0 Å². The minimum absolute atomic E-state index is 0.0453. The molecule has 2 N–H and O–H groups in total. The number of carbonyl (C=O) groups excluding carboxylic acids is 1. The van der Waals surface area contributed by atoms with Gasteiger partial charge in [0.1, 0.15) is 6.54 Å². The third-order valence-electron chi connectivity index (χ3n) is 7.45. The number of amides is 1. The average molecular weight is 438 g/mol. The molecule has 5 rings (SSSR count). The lowest BCUT2D eigenvalue weighted by molar-refractivity contribution is -0.178. The Labute approximate surface area is 180 Å². The van der Waals surface area contributed by atoms with E-state index in [1.165, 1.54) is 0 Å². The number of anilines is 1. The van der Waals surface area contributed by atoms with Gasteiger partial charge >= 0.3 is 6.18 Å². The lowest BCUT2D eigenvalue weighted by Crippen LogP contribution is -2.63. The summed E-state index contributed by atoms with van der Waals surface area (Å²) in [4.78, 5) is 16.4. The summed E-state index contributed by atoms with van der Waals surface area (Å²) < 4.78 is 45.4. The van der Waals surface area contributed by atoms with Crippen molar-refractivity contribution < 1.29 is 22.7 Å². The van der Waals surface area contributed by atoms with Crippen molar-refractivity contribution in [1.82, 2.24) is 15.8 Å². The third kappa shape index (κ3) is 4.15. The molecule has 1 aliphatic carbocycles. The topological polar surface area (TPSA) is 56.8 Å². The molecule has 0 radical (unpaired) electrons. The van der Waals surface area contributed by atoms with Crippen molar-refractivity contribution >= 4 is 11.6 Å². The molecule has 0 bridgehead atoms. The zero-order valence-electron chi connectivity index (χ0n) is 17.4. The number of alkyl halides is 3. The predicted octanol–water partition coefficient (Wildman–Crippen LogP) is 2.27. The van der Waals surface area contributed by atoms with Crippen molar-refractivity contribution in [3.63, 3.8) is 0 Å². The molecule has 1 aromatic carbocycles. The summed E-state index contributed by atoms with van der Waals surface area (Å²) in [6.07, 6.45) is -2.07. The van der Waals surface area contributed by atoms with Gasteiger partial charge < -0.3 is 14.5 Å². The molecule has 0 aromatic heterocycles. The normalized spacial score (nSPS) is 33.9. The molecule has 1 amide bonds. The number of hydrogen-bond donors (Lipinski definition) is 2. The first-order chi connectivity index (χ1) is 14.9. The molecule has 31 heavy (non-hydrogen) atoms. The van der Waals surface area contributed by atoms with Gasteiger partial charge in [-0.25, -0.2) is 0 Å². The molecule has 170 valence electrons. The fourth-order valence-electron chi connectivity index (χ4n) is 5.95. The van der Waals surface area contributed by atoms with E-state index in [0.717, 1.165) is 55.3 Å². The van der Waals surface area contributed by atoms with Gasteiger partial charge in [0, 0.05) is 37.4 Å². The van der Waals surface area contributed by atoms with Crippen molar-refractivity contribution in [2.45, 2.75) is 43.4 Å². The van der Waals surface area contributed by atoms with Crippen LogP contribution in [-0.2, 0) is 9.53 Å². The van der Waals surface area contributed by atoms with Gasteiger partial charge in [0.15, 0.2) is 0 Å². The lowest BCUT2D eigenvalue weighted by atomic mass is 9.67. The molecule has 1 saturated carbocycles. The van der Waals surface area contributed by atoms with E-state index in [4.69, 9.17) is 4.74 Å². The zero-order chi connectivity index (χ0) is 21.6. The number of ether oxygens (including phenoxy) is 1. The first-order valence-corrected chi connectivity index (χ1v) is 11.2. The predicted molar refractivity (Wildman–Crippen MR) is 110 cm³/mol. The van der Waals surface area contributed by atoms with Crippen molar-refractivity contribution in [2.75, 3.05) is 44.3 Å². The van der Waals surface area contributed by atoms with Gasteiger partial charge in [-0.15, -0.1) is 0 Å². The number of rotatable bonds is 3. The van der Waals surface area contributed by atoms with Crippen LogP contribution in [0.25, 0.3) is 0 Å². The van der Waals surface area contributed by atoms with Crippen molar-refractivity contribution in [3.05, 3.63) is 29.8 Å². The van der Waals surface area contributed by atoms with Gasteiger partial charge in [-0.1, -0.05) is 12.1 Å². The maximum atomic E-state index is 13.3. The molecule has 3 saturated heterocycles. The highest BCUT2D eigenvalue weighted by Crippen LogP contribution is 2.45. The summed E-state index contributed by atoms with van der Waals surface area (Å²) in [6.45, 7) is 2.42. The minimum Gasteiger partial charge on any atom is -0.378 e. The van der Waals surface area contributed by atoms with Crippen LogP contribution in [0.15, 0.2) is 24.3 Å². The lowest BCUT2D eigenvalue weighted by Gasteiger charge is -2.50. The van der Waals surface area contributed by atoms with Gasteiger partial charge in [0.2, 0.25) is 5.91 Å². The van der Waals surface area contributed by atoms with Crippen LogP contribution in [0.3, 0.4) is 0 Å². The number of benzene rings is 1. The third-order valence-corrected chi connectivity index (χ3v) is 7.45. The van der Waals surface area contributed by atoms with E-state index in [-0.39, 0.29) is 29.8 Å². The first kappa shape index (κ1) is 21.0. The Hall–Kier alpha value is -1.84. The largest absolute Gasteiger partial charge is 0.406 e. The fraction of sp³-hybridized carbons (Fsp3) is 0.682. The number of piperidine rings is 1. The Balaban J connectivity index is 1.34. The average Bonchev–Trinajstić information content (AvgIpc) is 3.27. The van der Waals surface area contributed by atoms with E-state index >= 15 is 0 Å². The Kier molecular flexibility index (Phi) is 5.60. The monoisotopic (exact) mass is 438 g/mol. The van der Waals surface area contributed by atoms with Crippen LogP contribution in [0, 0.1) is 11.8 Å². The second kappa shape index (κ2) is 8.26. The first-order valence-electron chi connectivity index (χ1n) is 11.2. The van der Waals surface area contributed by atoms with Crippen molar-refractivity contribution in [3.8, 4) is 0 Å². The van der Waals surface area contributed by atoms with Gasteiger partial charge in [-0.05, 0) is 48.8 Å². The second-order valence-corrected chi connectivity index (χ2v) is 9.17. The van der Waals surface area contributed by atoms with Gasteiger partial charge in [-0.3, -0.25) is 15.6 Å². The highest BCUT2D eigenvalue weighted by molar-refractivity contribution is 5.82. The maximum Gasteiger partial charge on any atom is 0.406 e.